The Morgan fingerprint density at radius 3 is 2.31 bits per heavy atom. The fraction of sp³-hybridized carbons (Fsp3) is 0.400. The third-order valence-corrected chi connectivity index (χ3v) is 4.76. The zero-order valence-electron chi connectivity index (χ0n) is 16.1. The van der Waals surface area contributed by atoms with E-state index in [1.54, 1.807) is 7.11 Å². The lowest BCUT2D eigenvalue weighted by Crippen LogP contribution is -2.25. The quantitative estimate of drug-likeness (QED) is 0.429. The molecule has 1 aliphatic rings. The molecule has 0 radical (unpaired) electrons. The molecule has 29 heavy (non-hydrogen) atoms. The molecule has 0 bridgehead atoms. The Kier molecular flexibility index (Phi) is 6.48. The van der Waals surface area contributed by atoms with Gasteiger partial charge in [0.15, 0.2) is 11.5 Å². The van der Waals surface area contributed by atoms with Crippen molar-refractivity contribution in [2.45, 2.75) is 38.6 Å². The van der Waals surface area contributed by atoms with E-state index >= 15 is 0 Å². The van der Waals surface area contributed by atoms with Gasteiger partial charge in [-0.1, -0.05) is 12.1 Å². The lowest BCUT2D eigenvalue weighted by atomic mass is 10.1. The Hall–Kier alpha value is -2.94. The number of benzene rings is 2. The Morgan fingerprint density at radius 1 is 1.10 bits per heavy atom. The number of hydrogen-bond donors (Lipinski definition) is 0. The van der Waals surface area contributed by atoms with E-state index in [1.807, 2.05) is 24.3 Å². The number of rotatable bonds is 10. The summed E-state index contributed by atoms with van der Waals surface area (Å²) in [5.41, 5.74) is 1.15. The summed E-state index contributed by atoms with van der Waals surface area (Å²) in [6, 6.07) is 10.3. The molecule has 1 saturated carbocycles. The van der Waals surface area contributed by atoms with Crippen molar-refractivity contribution in [2.75, 3.05) is 14.2 Å². The largest absolute Gasteiger partial charge is 0.497 e. The van der Waals surface area contributed by atoms with Crippen molar-refractivity contribution in [3.05, 3.63) is 57.6 Å². The standard InChI is InChI=1S/C20H22F2N2O5/c1-27-16-7-3-13(4-8-16)11-23(15-5-6-15)12-14-9-18(28-2)19(29-20(21)22)10-17(14)24(25)26/h3-4,7-10,15,20H,5-6,11-12H2,1-2H3. The van der Waals surface area contributed by atoms with Gasteiger partial charge in [-0.25, -0.2) is 0 Å². The van der Waals surface area contributed by atoms with Crippen LogP contribution in [0.2, 0.25) is 0 Å². The zero-order chi connectivity index (χ0) is 21.0. The minimum atomic E-state index is -3.10. The van der Waals surface area contributed by atoms with Crippen LogP contribution in [0.25, 0.3) is 0 Å². The average Bonchev–Trinajstić information content (AvgIpc) is 3.53. The maximum Gasteiger partial charge on any atom is 0.387 e. The number of alkyl halides is 2. The number of nitro benzene ring substituents is 1. The number of methoxy groups -OCH3 is 2. The van der Waals surface area contributed by atoms with Crippen molar-refractivity contribution in [1.82, 2.24) is 4.90 Å². The number of nitro groups is 1. The summed E-state index contributed by atoms with van der Waals surface area (Å²) >= 11 is 0. The van der Waals surface area contributed by atoms with Crippen molar-refractivity contribution >= 4 is 5.69 Å². The maximum atomic E-state index is 12.6. The van der Waals surface area contributed by atoms with Crippen LogP contribution in [0.1, 0.15) is 24.0 Å². The first kappa shape index (κ1) is 20.8. The van der Waals surface area contributed by atoms with Crippen LogP contribution in [0.3, 0.4) is 0 Å². The Morgan fingerprint density at radius 2 is 1.79 bits per heavy atom. The van der Waals surface area contributed by atoms with E-state index in [1.165, 1.54) is 13.2 Å². The van der Waals surface area contributed by atoms with E-state index in [2.05, 4.69) is 9.64 Å². The average molecular weight is 408 g/mol. The van der Waals surface area contributed by atoms with Gasteiger partial charge in [-0.2, -0.15) is 8.78 Å². The van der Waals surface area contributed by atoms with Gasteiger partial charge < -0.3 is 14.2 Å². The second kappa shape index (κ2) is 9.04. The molecule has 0 unspecified atom stereocenters. The molecule has 0 spiro atoms. The molecule has 1 aliphatic carbocycles. The van der Waals surface area contributed by atoms with Crippen molar-refractivity contribution in [3.63, 3.8) is 0 Å². The predicted molar refractivity (Wildman–Crippen MR) is 102 cm³/mol. The highest BCUT2D eigenvalue weighted by Gasteiger charge is 2.31. The second-order valence-corrected chi connectivity index (χ2v) is 6.75. The summed E-state index contributed by atoms with van der Waals surface area (Å²) in [5, 5.41) is 11.5. The normalized spacial score (nSPS) is 13.6. The lowest BCUT2D eigenvalue weighted by Gasteiger charge is -2.23. The minimum absolute atomic E-state index is 0.0334. The number of hydrogen-bond acceptors (Lipinski definition) is 6. The van der Waals surface area contributed by atoms with Crippen LogP contribution in [0.15, 0.2) is 36.4 Å². The van der Waals surface area contributed by atoms with E-state index in [0.29, 0.717) is 24.7 Å². The third-order valence-electron chi connectivity index (χ3n) is 4.76. The highest BCUT2D eigenvalue weighted by Crippen LogP contribution is 2.38. The molecular weight excluding hydrogens is 386 g/mol. The third kappa shape index (κ3) is 5.32. The summed E-state index contributed by atoms with van der Waals surface area (Å²) in [7, 11) is 2.90. The van der Waals surface area contributed by atoms with Gasteiger partial charge in [-0.3, -0.25) is 15.0 Å². The minimum Gasteiger partial charge on any atom is -0.497 e. The molecule has 0 aliphatic heterocycles. The topological polar surface area (TPSA) is 74.1 Å². The maximum absolute atomic E-state index is 12.6. The van der Waals surface area contributed by atoms with Gasteiger partial charge in [-0.05, 0) is 36.6 Å². The van der Waals surface area contributed by atoms with Crippen LogP contribution in [-0.2, 0) is 13.1 Å². The molecule has 0 aromatic heterocycles. The first-order chi connectivity index (χ1) is 13.9. The SMILES string of the molecule is COc1ccc(CN(Cc2cc(OC)c(OC(F)F)cc2[N+](=O)[O-])C2CC2)cc1. The summed E-state index contributed by atoms with van der Waals surface area (Å²) < 4.78 is 39.9. The van der Waals surface area contributed by atoms with Gasteiger partial charge >= 0.3 is 6.61 Å². The number of nitrogens with zero attached hydrogens (tertiary/aromatic N) is 2. The van der Waals surface area contributed by atoms with E-state index in [0.717, 1.165) is 30.2 Å². The Balaban J connectivity index is 1.87. The van der Waals surface area contributed by atoms with Gasteiger partial charge in [0.1, 0.15) is 5.75 Å². The Bertz CT molecular complexity index is 857. The van der Waals surface area contributed by atoms with Crippen molar-refractivity contribution in [3.8, 4) is 17.2 Å². The van der Waals surface area contributed by atoms with E-state index in [9.17, 15) is 18.9 Å². The molecule has 2 aromatic rings. The van der Waals surface area contributed by atoms with Crippen molar-refractivity contribution in [2.24, 2.45) is 0 Å². The van der Waals surface area contributed by atoms with Crippen LogP contribution in [-0.4, -0.2) is 36.7 Å². The number of halogens is 2. The fourth-order valence-electron chi connectivity index (χ4n) is 3.17. The molecule has 9 heteroatoms. The molecule has 2 aromatic carbocycles. The molecule has 1 fully saturated rings. The van der Waals surface area contributed by atoms with Gasteiger partial charge in [0.05, 0.1) is 25.2 Å². The summed E-state index contributed by atoms with van der Waals surface area (Å²) in [5.74, 6) is 0.430. The molecular formula is C20H22F2N2O5. The molecule has 0 N–H and O–H groups in total. The predicted octanol–water partition coefficient (Wildman–Crippen LogP) is 4.38. The van der Waals surface area contributed by atoms with E-state index in [-0.39, 0.29) is 17.2 Å². The van der Waals surface area contributed by atoms with Crippen LogP contribution < -0.4 is 14.2 Å². The molecule has 0 atom stereocenters. The van der Waals surface area contributed by atoms with E-state index in [4.69, 9.17) is 9.47 Å². The highest BCUT2D eigenvalue weighted by molar-refractivity contribution is 5.54. The van der Waals surface area contributed by atoms with Gasteiger partial charge in [0, 0.05) is 24.7 Å². The zero-order valence-corrected chi connectivity index (χ0v) is 16.1. The van der Waals surface area contributed by atoms with E-state index < -0.39 is 11.5 Å². The van der Waals surface area contributed by atoms with Crippen LogP contribution in [0.4, 0.5) is 14.5 Å². The number of ether oxygens (including phenoxy) is 3. The van der Waals surface area contributed by atoms with Crippen LogP contribution in [0.5, 0.6) is 17.2 Å². The molecule has 3 rings (SSSR count). The molecule has 0 saturated heterocycles. The fourth-order valence-corrected chi connectivity index (χ4v) is 3.17. The van der Waals surface area contributed by atoms with Crippen molar-refractivity contribution in [1.29, 1.82) is 0 Å². The summed E-state index contributed by atoms with van der Waals surface area (Å²) in [4.78, 5) is 13.1. The first-order valence-electron chi connectivity index (χ1n) is 9.08. The van der Waals surface area contributed by atoms with Crippen molar-refractivity contribution < 1.29 is 27.9 Å². The highest BCUT2D eigenvalue weighted by atomic mass is 19.3. The summed E-state index contributed by atoms with van der Waals surface area (Å²) in [6.07, 6.45) is 2.02. The summed E-state index contributed by atoms with van der Waals surface area (Å²) in [6.45, 7) is -2.21. The van der Waals surface area contributed by atoms with Gasteiger partial charge in [0.2, 0.25) is 0 Å². The molecule has 156 valence electrons. The van der Waals surface area contributed by atoms with Crippen LogP contribution >= 0.6 is 0 Å². The molecule has 0 heterocycles. The second-order valence-electron chi connectivity index (χ2n) is 6.75. The first-order valence-corrected chi connectivity index (χ1v) is 9.08. The Labute approximate surface area is 166 Å². The lowest BCUT2D eigenvalue weighted by molar-refractivity contribution is -0.385. The van der Waals surface area contributed by atoms with Gasteiger partial charge in [-0.15, -0.1) is 0 Å². The van der Waals surface area contributed by atoms with Gasteiger partial charge in [0.25, 0.3) is 5.69 Å². The molecule has 0 amide bonds. The monoisotopic (exact) mass is 408 g/mol. The smallest absolute Gasteiger partial charge is 0.387 e. The molecule has 7 nitrogen and oxygen atoms in total. The van der Waals surface area contributed by atoms with Crippen LogP contribution in [0, 0.1) is 10.1 Å².